The zero-order chi connectivity index (χ0) is 20.8. The second kappa shape index (κ2) is 7.17. The third-order valence-electron chi connectivity index (χ3n) is 6.20. The van der Waals surface area contributed by atoms with Gasteiger partial charge < -0.3 is 9.32 Å². The van der Waals surface area contributed by atoms with Crippen molar-refractivity contribution < 1.29 is 9.21 Å². The van der Waals surface area contributed by atoms with Crippen LogP contribution in [0.2, 0.25) is 0 Å². The number of aryl methyl sites for hydroxylation is 2. The molecule has 0 radical (unpaired) electrons. The van der Waals surface area contributed by atoms with Crippen molar-refractivity contribution in [3.8, 4) is 0 Å². The summed E-state index contributed by atoms with van der Waals surface area (Å²) in [5, 5.41) is 0.481. The molecule has 1 unspecified atom stereocenters. The van der Waals surface area contributed by atoms with Gasteiger partial charge in [-0.25, -0.2) is 4.79 Å². The van der Waals surface area contributed by atoms with E-state index in [-0.39, 0.29) is 11.5 Å². The van der Waals surface area contributed by atoms with Crippen molar-refractivity contribution >= 4 is 22.5 Å². The van der Waals surface area contributed by atoms with E-state index >= 15 is 0 Å². The van der Waals surface area contributed by atoms with Crippen LogP contribution in [0.4, 0.5) is 0 Å². The molecule has 4 aromatic rings. The number of nitrogens with zero attached hydrogens (tertiary/aromatic N) is 2. The van der Waals surface area contributed by atoms with Crippen LogP contribution in [0.15, 0.2) is 63.8 Å². The van der Waals surface area contributed by atoms with Gasteiger partial charge in [0.15, 0.2) is 0 Å². The van der Waals surface area contributed by atoms with Gasteiger partial charge in [-0.2, -0.15) is 0 Å². The van der Waals surface area contributed by atoms with Crippen molar-refractivity contribution in [3.63, 3.8) is 0 Å². The molecule has 0 spiro atoms. The molecule has 3 heterocycles. The van der Waals surface area contributed by atoms with Crippen LogP contribution in [0, 0.1) is 13.8 Å². The van der Waals surface area contributed by atoms with E-state index < -0.39 is 0 Å². The highest BCUT2D eigenvalue weighted by atomic mass is 16.4. The van der Waals surface area contributed by atoms with Gasteiger partial charge in [0, 0.05) is 36.3 Å². The first kappa shape index (κ1) is 18.7. The van der Waals surface area contributed by atoms with Gasteiger partial charge >= 0.3 is 5.63 Å². The van der Waals surface area contributed by atoms with Gasteiger partial charge in [0.25, 0.3) is 5.91 Å². The second-order valence-corrected chi connectivity index (χ2v) is 8.27. The minimum absolute atomic E-state index is 0.0138. The lowest BCUT2D eigenvalue weighted by Gasteiger charge is -2.33. The Balaban J connectivity index is 1.49. The van der Waals surface area contributed by atoms with Gasteiger partial charge in [0.2, 0.25) is 5.71 Å². The number of piperidine rings is 1. The molecule has 1 atom stereocenters. The van der Waals surface area contributed by atoms with E-state index in [4.69, 9.17) is 4.42 Å². The molecule has 1 fully saturated rings. The number of benzene rings is 2. The fourth-order valence-corrected chi connectivity index (χ4v) is 4.53. The zero-order valence-corrected chi connectivity index (χ0v) is 17.2. The number of carbonyl (C=O) groups excluding carboxylic acids is 1. The van der Waals surface area contributed by atoms with Crippen molar-refractivity contribution in [1.82, 2.24) is 9.30 Å². The first-order chi connectivity index (χ1) is 14.5. The minimum Gasteiger partial charge on any atom is -0.405 e. The number of hydrogen-bond acceptors (Lipinski definition) is 3. The average molecular weight is 400 g/mol. The van der Waals surface area contributed by atoms with E-state index in [0.29, 0.717) is 28.1 Å². The van der Waals surface area contributed by atoms with Crippen molar-refractivity contribution in [2.24, 2.45) is 0 Å². The first-order valence-corrected chi connectivity index (χ1v) is 10.4. The third-order valence-corrected chi connectivity index (χ3v) is 6.20. The van der Waals surface area contributed by atoms with Crippen molar-refractivity contribution in [2.75, 3.05) is 13.1 Å². The number of aromatic nitrogens is 1. The topological polar surface area (TPSA) is 54.9 Å². The zero-order valence-electron chi connectivity index (χ0n) is 17.2. The second-order valence-electron chi connectivity index (χ2n) is 8.27. The van der Waals surface area contributed by atoms with Crippen LogP contribution in [-0.4, -0.2) is 28.3 Å². The standard InChI is InChI=1S/C25H24N2O3/c1-16-5-8-18(9-6-16)20-4-3-13-26(15-20)24(28)19-10-11-21-22(14-19)27-17(2)7-12-23(27)30-25(21)29/h5-12,14,20H,3-4,13,15H2,1-2H3. The fraction of sp³-hybridized carbons (Fsp3) is 0.280. The molecule has 152 valence electrons. The molecule has 0 N–H and O–H groups in total. The Morgan fingerprint density at radius 1 is 1.03 bits per heavy atom. The maximum Gasteiger partial charge on any atom is 0.346 e. The highest BCUT2D eigenvalue weighted by Gasteiger charge is 2.26. The highest BCUT2D eigenvalue weighted by molar-refractivity contribution is 5.98. The van der Waals surface area contributed by atoms with Crippen LogP contribution in [0.1, 0.15) is 45.9 Å². The van der Waals surface area contributed by atoms with Gasteiger partial charge in [-0.05, 0) is 56.5 Å². The average Bonchev–Trinajstić information content (AvgIpc) is 3.14. The first-order valence-electron chi connectivity index (χ1n) is 10.4. The van der Waals surface area contributed by atoms with Crippen LogP contribution in [0.3, 0.4) is 0 Å². The molecule has 0 aliphatic carbocycles. The molecular formula is C25H24N2O3. The molecule has 2 aromatic carbocycles. The molecule has 0 bridgehead atoms. The van der Waals surface area contributed by atoms with Crippen molar-refractivity contribution in [3.05, 3.63) is 87.4 Å². The molecule has 2 aromatic heterocycles. The lowest BCUT2D eigenvalue weighted by atomic mass is 9.90. The molecule has 1 aliphatic rings. The van der Waals surface area contributed by atoms with Crippen LogP contribution in [0.25, 0.3) is 16.6 Å². The number of rotatable bonds is 2. The molecule has 1 saturated heterocycles. The normalized spacial score (nSPS) is 17.0. The lowest BCUT2D eigenvalue weighted by molar-refractivity contribution is 0.0707. The summed E-state index contributed by atoms with van der Waals surface area (Å²) in [7, 11) is 0. The predicted molar refractivity (Wildman–Crippen MR) is 117 cm³/mol. The molecule has 1 aliphatic heterocycles. The van der Waals surface area contributed by atoms with Crippen LogP contribution in [0.5, 0.6) is 0 Å². The summed E-state index contributed by atoms with van der Waals surface area (Å²) < 4.78 is 7.28. The summed E-state index contributed by atoms with van der Waals surface area (Å²) in [6.45, 7) is 5.52. The smallest absolute Gasteiger partial charge is 0.346 e. The summed E-state index contributed by atoms with van der Waals surface area (Å²) in [6, 6.07) is 17.6. The number of carbonyl (C=O) groups is 1. The Hall–Kier alpha value is -3.34. The summed E-state index contributed by atoms with van der Waals surface area (Å²) in [4.78, 5) is 27.6. The fourth-order valence-electron chi connectivity index (χ4n) is 4.53. The van der Waals surface area contributed by atoms with Gasteiger partial charge in [-0.15, -0.1) is 0 Å². The lowest BCUT2D eigenvalue weighted by Crippen LogP contribution is -2.39. The van der Waals surface area contributed by atoms with Gasteiger partial charge in [0.05, 0.1) is 10.9 Å². The van der Waals surface area contributed by atoms with Gasteiger partial charge in [-0.1, -0.05) is 29.8 Å². The van der Waals surface area contributed by atoms with E-state index in [1.54, 1.807) is 18.2 Å². The molecule has 5 rings (SSSR count). The Labute approximate surface area is 174 Å². The Morgan fingerprint density at radius 3 is 2.63 bits per heavy atom. The predicted octanol–water partition coefficient (Wildman–Crippen LogP) is 4.68. The number of hydrogen-bond donors (Lipinski definition) is 0. The molecule has 5 heteroatoms. The summed E-state index contributed by atoms with van der Waals surface area (Å²) in [5.74, 6) is 0.370. The number of likely N-dealkylation sites (tertiary alicyclic amines) is 1. The molecule has 0 saturated carbocycles. The third kappa shape index (κ3) is 3.11. The summed E-state index contributed by atoms with van der Waals surface area (Å²) >= 11 is 0. The minimum atomic E-state index is -0.382. The van der Waals surface area contributed by atoms with Crippen molar-refractivity contribution in [2.45, 2.75) is 32.6 Å². The van der Waals surface area contributed by atoms with E-state index in [9.17, 15) is 9.59 Å². The quantitative estimate of drug-likeness (QED) is 0.491. The van der Waals surface area contributed by atoms with E-state index in [1.807, 2.05) is 28.4 Å². The van der Waals surface area contributed by atoms with E-state index in [1.165, 1.54) is 11.1 Å². The maximum absolute atomic E-state index is 13.3. The molecule has 5 nitrogen and oxygen atoms in total. The molecule has 30 heavy (non-hydrogen) atoms. The highest BCUT2D eigenvalue weighted by Crippen LogP contribution is 2.28. The Morgan fingerprint density at radius 2 is 1.83 bits per heavy atom. The summed E-state index contributed by atoms with van der Waals surface area (Å²) in [5.41, 5.74) is 4.92. The van der Waals surface area contributed by atoms with E-state index in [2.05, 4.69) is 31.2 Å². The van der Waals surface area contributed by atoms with Crippen molar-refractivity contribution in [1.29, 1.82) is 0 Å². The Bertz CT molecular complexity index is 1310. The Kier molecular flexibility index (Phi) is 4.46. The van der Waals surface area contributed by atoms with Gasteiger partial charge in [-0.3, -0.25) is 9.20 Å². The van der Waals surface area contributed by atoms with E-state index in [0.717, 1.165) is 31.6 Å². The largest absolute Gasteiger partial charge is 0.405 e. The number of fused-ring (bicyclic) bond motifs is 3. The monoisotopic (exact) mass is 400 g/mol. The number of amides is 1. The summed E-state index contributed by atoms with van der Waals surface area (Å²) in [6.07, 6.45) is 2.08. The van der Waals surface area contributed by atoms with Crippen LogP contribution >= 0.6 is 0 Å². The molecule has 1 amide bonds. The van der Waals surface area contributed by atoms with Crippen LogP contribution in [-0.2, 0) is 0 Å². The maximum atomic E-state index is 13.3. The molecular weight excluding hydrogens is 376 g/mol. The SMILES string of the molecule is Cc1ccc(C2CCCN(C(=O)c3ccc4c(=O)oc5ccc(C)n5c4c3)C2)cc1. The van der Waals surface area contributed by atoms with Gasteiger partial charge in [0.1, 0.15) is 0 Å². The van der Waals surface area contributed by atoms with Crippen LogP contribution < -0.4 is 5.63 Å².